The molecule has 1 aromatic carbocycles. The van der Waals surface area contributed by atoms with Gasteiger partial charge in [0, 0.05) is 17.4 Å². The molecule has 7 heteroatoms. The van der Waals surface area contributed by atoms with Gasteiger partial charge in [-0.05, 0) is 18.1 Å². The van der Waals surface area contributed by atoms with Crippen molar-refractivity contribution in [1.82, 2.24) is 0 Å². The average molecular weight is 352 g/mol. The van der Waals surface area contributed by atoms with E-state index in [-0.39, 0.29) is 28.7 Å². The lowest BCUT2D eigenvalue weighted by molar-refractivity contribution is -0.117. The Bertz CT molecular complexity index is 758. The molecular weight excluding hydrogens is 332 g/mol. The topological polar surface area (TPSA) is 66.8 Å². The van der Waals surface area contributed by atoms with Gasteiger partial charge < -0.3 is 4.90 Å². The molecule has 0 spiro atoms. The van der Waals surface area contributed by atoms with Crippen LogP contribution in [0.2, 0.25) is 0 Å². The highest BCUT2D eigenvalue weighted by Gasteiger charge is 2.49. The normalized spacial score (nSPS) is 27.4. The van der Waals surface area contributed by atoms with Crippen LogP contribution in [0.1, 0.15) is 25.8 Å². The molecular formula is C16H20N2O3S2. The Balaban J connectivity index is 2.07. The van der Waals surface area contributed by atoms with Crippen molar-refractivity contribution >= 4 is 38.4 Å². The summed E-state index contributed by atoms with van der Waals surface area (Å²) >= 11 is 1.43. The monoisotopic (exact) mass is 352 g/mol. The molecule has 0 N–H and O–H groups in total. The second-order valence-electron chi connectivity index (χ2n) is 5.79. The van der Waals surface area contributed by atoms with E-state index in [9.17, 15) is 13.2 Å². The average Bonchev–Trinajstić information content (AvgIpc) is 2.98. The Morgan fingerprint density at radius 1 is 1.30 bits per heavy atom. The van der Waals surface area contributed by atoms with Crippen LogP contribution in [-0.2, 0) is 21.1 Å². The molecule has 2 saturated heterocycles. The van der Waals surface area contributed by atoms with Crippen LogP contribution in [0.5, 0.6) is 0 Å². The number of fused-ring (bicyclic) bond motifs is 1. The lowest BCUT2D eigenvalue weighted by Gasteiger charge is -2.26. The fourth-order valence-electron chi connectivity index (χ4n) is 3.08. The smallest absolute Gasteiger partial charge is 0.247 e. The number of amidine groups is 1. The number of aryl methyl sites for hydroxylation is 1. The van der Waals surface area contributed by atoms with Gasteiger partial charge in [0.05, 0.1) is 17.5 Å². The first-order chi connectivity index (χ1) is 10.9. The number of carbonyl (C=O) groups is 1. The maximum Gasteiger partial charge on any atom is 0.247 e. The first-order valence-electron chi connectivity index (χ1n) is 7.81. The first kappa shape index (κ1) is 16.5. The van der Waals surface area contributed by atoms with Crippen LogP contribution in [0.25, 0.3) is 0 Å². The third-order valence-corrected chi connectivity index (χ3v) is 7.43. The summed E-state index contributed by atoms with van der Waals surface area (Å²) in [5, 5.41) is 0.593. The van der Waals surface area contributed by atoms with Crippen LogP contribution in [0, 0.1) is 0 Å². The number of aliphatic imine (C=N–C) groups is 1. The van der Waals surface area contributed by atoms with Gasteiger partial charge in [0.1, 0.15) is 0 Å². The Morgan fingerprint density at radius 2 is 2.04 bits per heavy atom. The van der Waals surface area contributed by atoms with Crippen molar-refractivity contribution in [2.45, 2.75) is 38.0 Å². The second kappa shape index (κ2) is 6.28. The number of hydrogen-bond acceptors (Lipinski definition) is 4. The van der Waals surface area contributed by atoms with E-state index in [1.54, 1.807) is 6.92 Å². The first-order valence-corrected chi connectivity index (χ1v) is 10.5. The largest absolute Gasteiger partial charge is 0.315 e. The van der Waals surface area contributed by atoms with E-state index < -0.39 is 9.84 Å². The minimum absolute atomic E-state index is 0.0479. The molecule has 2 atom stereocenters. The lowest BCUT2D eigenvalue weighted by Crippen LogP contribution is -2.38. The summed E-state index contributed by atoms with van der Waals surface area (Å²) in [5.41, 5.74) is 2.10. The molecule has 3 rings (SSSR count). The van der Waals surface area contributed by atoms with Crippen LogP contribution in [0.3, 0.4) is 0 Å². The Hall–Kier alpha value is -1.34. The van der Waals surface area contributed by atoms with E-state index in [1.807, 2.05) is 29.2 Å². The molecule has 23 heavy (non-hydrogen) atoms. The minimum atomic E-state index is -3.03. The summed E-state index contributed by atoms with van der Waals surface area (Å²) in [6, 6.07) is 7.80. The summed E-state index contributed by atoms with van der Waals surface area (Å²) in [5.74, 6) is 0.114. The Labute approximate surface area is 141 Å². The van der Waals surface area contributed by atoms with Crippen LogP contribution >= 0.6 is 11.8 Å². The quantitative estimate of drug-likeness (QED) is 0.835. The molecule has 1 aromatic rings. The van der Waals surface area contributed by atoms with Gasteiger partial charge in [-0.25, -0.2) is 8.42 Å². The van der Waals surface area contributed by atoms with Crippen LogP contribution in [-0.4, -0.2) is 42.3 Å². The van der Waals surface area contributed by atoms with Gasteiger partial charge in [-0.3, -0.25) is 4.79 Å². The number of rotatable bonds is 3. The van der Waals surface area contributed by atoms with Gasteiger partial charge in [0.2, 0.25) is 5.91 Å². The Morgan fingerprint density at radius 3 is 2.74 bits per heavy atom. The molecule has 5 nitrogen and oxygen atoms in total. The number of thioether (sulfide) groups is 1. The van der Waals surface area contributed by atoms with Gasteiger partial charge in [-0.1, -0.05) is 43.8 Å². The van der Waals surface area contributed by atoms with Crippen LogP contribution in [0.15, 0.2) is 29.3 Å². The molecule has 2 aliphatic rings. The van der Waals surface area contributed by atoms with Crippen molar-refractivity contribution < 1.29 is 13.2 Å². The molecule has 0 aromatic heterocycles. The highest BCUT2D eigenvalue weighted by molar-refractivity contribution is 8.16. The summed E-state index contributed by atoms with van der Waals surface area (Å²) in [7, 11) is -3.03. The van der Waals surface area contributed by atoms with E-state index >= 15 is 0 Å². The van der Waals surface area contributed by atoms with Crippen molar-refractivity contribution in [3.05, 3.63) is 29.8 Å². The molecule has 0 unspecified atom stereocenters. The molecule has 0 radical (unpaired) electrons. The van der Waals surface area contributed by atoms with Gasteiger partial charge in [-0.2, -0.15) is 4.99 Å². The van der Waals surface area contributed by atoms with Crippen molar-refractivity contribution in [3.63, 3.8) is 0 Å². The Kier molecular flexibility index (Phi) is 4.51. The molecule has 0 saturated carbocycles. The number of benzene rings is 1. The van der Waals surface area contributed by atoms with Gasteiger partial charge in [0.25, 0.3) is 0 Å². The van der Waals surface area contributed by atoms with Crippen molar-refractivity contribution in [2.75, 3.05) is 16.4 Å². The fraction of sp³-hybridized carbons (Fsp3) is 0.500. The zero-order valence-electron chi connectivity index (χ0n) is 13.2. The highest BCUT2D eigenvalue weighted by atomic mass is 32.2. The molecule has 2 fully saturated rings. The number of carbonyl (C=O) groups excluding carboxylic acids is 1. The molecule has 124 valence electrons. The molecule has 1 amide bonds. The van der Waals surface area contributed by atoms with Crippen LogP contribution < -0.4 is 4.90 Å². The van der Waals surface area contributed by atoms with E-state index in [1.165, 1.54) is 11.8 Å². The summed E-state index contributed by atoms with van der Waals surface area (Å²) in [6.07, 6.45) is 1.19. The summed E-state index contributed by atoms with van der Waals surface area (Å²) in [4.78, 5) is 18.0. The molecule has 2 heterocycles. The second-order valence-corrected chi connectivity index (χ2v) is 9.15. The van der Waals surface area contributed by atoms with E-state index in [0.29, 0.717) is 11.6 Å². The number of anilines is 1. The lowest BCUT2D eigenvalue weighted by atomic mass is 10.1. The summed E-state index contributed by atoms with van der Waals surface area (Å²) < 4.78 is 24.0. The minimum Gasteiger partial charge on any atom is -0.315 e. The zero-order valence-corrected chi connectivity index (χ0v) is 14.9. The molecule has 0 bridgehead atoms. The van der Waals surface area contributed by atoms with Gasteiger partial charge >= 0.3 is 0 Å². The van der Waals surface area contributed by atoms with Gasteiger partial charge in [-0.15, -0.1) is 0 Å². The SMILES string of the molecule is CCC(=O)N=C1S[C@H]2CS(=O)(=O)C[C@@H]2N1c1ccccc1CC. The maximum atomic E-state index is 12.0. The number of sulfone groups is 1. The van der Waals surface area contributed by atoms with Crippen LogP contribution in [0.4, 0.5) is 5.69 Å². The number of para-hydroxylation sites is 1. The number of nitrogens with zero attached hydrogens (tertiary/aromatic N) is 2. The van der Waals surface area contributed by atoms with E-state index in [2.05, 4.69) is 11.9 Å². The predicted molar refractivity (Wildman–Crippen MR) is 94.9 cm³/mol. The maximum absolute atomic E-state index is 12.0. The van der Waals surface area contributed by atoms with Crippen molar-refractivity contribution in [2.24, 2.45) is 4.99 Å². The number of hydrogen-bond donors (Lipinski definition) is 0. The molecule has 0 aliphatic carbocycles. The third-order valence-electron chi connectivity index (χ3n) is 4.22. The summed E-state index contributed by atoms with van der Waals surface area (Å²) in [6.45, 7) is 3.85. The standard InChI is InChI=1S/C16H20N2O3S2/c1-3-11-7-5-6-8-12(11)18-13-9-23(20,21)10-14(13)22-16(18)17-15(19)4-2/h5-8,13-14H,3-4,9-10H2,1-2H3/t13-,14-/m0/s1. The van der Waals surface area contributed by atoms with Crippen molar-refractivity contribution in [3.8, 4) is 0 Å². The van der Waals surface area contributed by atoms with Crippen molar-refractivity contribution in [1.29, 1.82) is 0 Å². The number of amides is 1. The zero-order chi connectivity index (χ0) is 16.6. The van der Waals surface area contributed by atoms with E-state index in [4.69, 9.17) is 0 Å². The van der Waals surface area contributed by atoms with E-state index in [0.717, 1.165) is 17.7 Å². The highest BCUT2D eigenvalue weighted by Crippen LogP contribution is 2.42. The predicted octanol–water partition coefficient (Wildman–Crippen LogP) is 2.26. The van der Waals surface area contributed by atoms with Gasteiger partial charge in [0.15, 0.2) is 15.0 Å². The third kappa shape index (κ3) is 3.17. The fourth-order valence-corrected chi connectivity index (χ4v) is 7.00. The molecule has 2 aliphatic heterocycles.